The molecule has 0 radical (unpaired) electrons. The lowest BCUT2D eigenvalue weighted by Crippen LogP contribution is -2.25. The lowest BCUT2D eigenvalue weighted by atomic mass is 10.0. The van der Waals surface area contributed by atoms with E-state index in [4.69, 9.17) is 0 Å². The summed E-state index contributed by atoms with van der Waals surface area (Å²) >= 11 is 1.10. The van der Waals surface area contributed by atoms with E-state index < -0.39 is 0 Å². The van der Waals surface area contributed by atoms with Crippen molar-refractivity contribution >= 4 is 22.9 Å². The topological polar surface area (TPSA) is 46.2 Å². The Kier molecular flexibility index (Phi) is 2.90. The van der Waals surface area contributed by atoms with Crippen molar-refractivity contribution < 1.29 is 9.59 Å². The fourth-order valence-corrected chi connectivity index (χ4v) is 3.62. The van der Waals surface area contributed by atoms with Crippen LogP contribution in [0.25, 0.3) is 0 Å². The molecule has 1 fully saturated rings. The van der Waals surface area contributed by atoms with Crippen LogP contribution < -0.4 is 5.32 Å². The van der Waals surface area contributed by atoms with Crippen LogP contribution >= 0.6 is 11.8 Å². The van der Waals surface area contributed by atoms with Gasteiger partial charge in [0.15, 0.2) is 0 Å². The summed E-state index contributed by atoms with van der Waals surface area (Å²) in [5.41, 5.74) is 4.01. The second kappa shape index (κ2) is 4.43. The monoisotopic (exact) mass is 261 g/mol. The minimum Gasteiger partial charge on any atom is -0.286 e. The summed E-state index contributed by atoms with van der Waals surface area (Å²) in [6, 6.07) is 6.47. The summed E-state index contributed by atoms with van der Waals surface area (Å²) in [5.74, 6) is 0.569. The van der Waals surface area contributed by atoms with Crippen molar-refractivity contribution in [3.63, 3.8) is 0 Å². The SMILES string of the molecule is CC1Cc2ccc(CC3SC(=O)NC3=O)cc2C1. The normalized spacial score (nSPS) is 26.3. The van der Waals surface area contributed by atoms with Crippen molar-refractivity contribution in [2.24, 2.45) is 5.92 Å². The number of rotatable bonds is 2. The Morgan fingerprint density at radius 3 is 2.78 bits per heavy atom. The molecular weight excluding hydrogens is 246 g/mol. The van der Waals surface area contributed by atoms with E-state index in [2.05, 4.69) is 30.4 Å². The van der Waals surface area contributed by atoms with E-state index in [1.54, 1.807) is 0 Å². The van der Waals surface area contributed by atoms with E-state index in [0.29, 0.717) is 6.42 Å². The molecule has 1 saturated heterocycles. The number of carbonyl (C=O) groups excluding carboxylic acids is 2. The molecule has 3 rings (SSSR count). The van der Waals surface area contributed by atoms with Crippen LogP contribution in [0, 0.1) is 5.92 Å². The summed E-state index contributed by atoms with van der Waals surface area (Å²) in [6.45, 7) is 2.26. The van der Waals surface area contributed by atoms with Crippen molar-refractivity contribution in [1.29, 1.82) is 0 Å². The fourth-order valence-electron chi connectivity index (χ4n) is 2.76. The molecule has 1 aromatic rings. The Hall–Kier alpha value is -1.29. The van der Waals surface area contributed by atoms with Crippen molar-refractivity contribution in [3.05, 3.63) is 34.9 Å². The smallest absolute Gasteiger partial charge is 0.286 e. The molecule has 3 nitrogen and oxygen atoms in total. The van der Waals surface area contributed by atoms with Gasteiger partial charge < -0.3 is 0 Å². The van der Waals surface area contributed by atoms with Gasteiger partial charge in [0.2, 0.25) is 5.91 Å². The van der Waals surface area contributed by atoms with Gasteiger partial charge in [0.05, 0.1) is 5.25 Å². The van der Waals surface area contributed by atoms with Gasteiger partial charge in [0.1, 0.15) is 0 Å². The van der Waals surface area contributed by atoms with Crippen LogP contribution in [0.5, 0.6) is 0 Å². The van der Waals surface area contributed by atoms with E-state index in [0.717, 1.165) is 36.1 Å². The number of thioether (sulfide) groups is 1. The molecule has 1 aliphatic carbocycles. The Bertz CT molecular complexity index is 527. The first-order chi connectivity index (χ1) is 8.61. The molecule has 1 N–H and O–H groups in total. The molecule has 1 heterocycles. The highest BCUT2D eigenvalue weighted by atomic mass is 32.2. The maximum absolute atomic E-state index is 11.5. The molecule has 1 aromatic carbocycles. The second-order valence-electron chi connectivity index (χ2n) is 5.20. The molecule has 4 heteroatoms. The Labute approximate surface area is 110 Å². The van der Waals surface area contributed by atoms with Gasteiger partial charge in [-0.1, -0.05) is 36.9 Å². The first-order valence-electron chi connectivity index (χ1n) is 6.24. The number of nitrogens with one attached hydrogen (secondary N) is 1. The van der Waals surface area contributed by atoms with Gasteiger partial charge >= 0.3 is 0 Å². The minimum absolute atomic E-state index is 0.154. The highest BCUT2D eigenvalue weighted by molar-refractivity contribution is 8.15. The number of imide groups is 1. The highest BCUT2D eigenvalue weighted by Crippen LogP contribution is 2.29. The molecule has 2 atom stereocenters. The zero-order valence-electron chi connectivity index (χ0n) is 10.2. The summed E-state index contributed by atoms with van der Waals surface area (Å²) in [7, 11) is 0. The predicted molar refractivity (Wildman–Crippen MR) is 71.6 cm³/mol. The average molecular weight is 261 g/mol. The largest absolute Gasteiger partial charge is 0.286 e. The van der Waals surface area contributed by atoms with Gasteiger partial charge in [-0.05, 0) is 41.9 Å². The van der Waals surface area contributed by atoms with Crippen LogP contribution in [0.15, 0.2) is 18.2 Å². The minimum atomic E-state index is -0.255. The number of hydrogen-bond acceptors (Lipinski definition) is 3. The van der Waals surface area contributed by atoms with E-state index in [1.165, 1.54) is 11.1 Å². The molecule has 1 aliphatic heterocycles. The third kappa shape index (κ3) is 2.17. The average Bonchev–Trinajstić information content (AvgIpc) is 2.80. The lowest BCUT2D eigenvalue weighted by molar-refractivity contribution is -0.118. The van der Waals surface area contributed by atoms with Crippen LogP contribution in [-0.4, -0.2) is 16.4 Å². The summed E-state index contributed by atoms with van der Waals surface area (Å²) in [5, 5.41) is 1.85. The second-order valence-corrected chi connectivity index (χ2v) is 6.38. The van der Waals surface area contributed by atoms with Crippen molar-refractivity contribution in [1.82, 2.24) is 5.32 Å². The quantitative estimate of drug-likeness (QED) is 0.888. The number of fused-ring (bicyclic) bond motifs is 1. The summed E-state index contributed by atoms with van der Waals surface area (Å²) in [4.78, 5) is 22.6. The van der Waals surface area contributed by atoms with E-state index in [1.807, 2.05) is 0 Å². The third-order valence-corrected chi connectivity index (χ3v) is 4.58. The van der Waals surface area contributed by atoms with Crippen molar-refractivity contribution in [2.45, 2.75) is 31.4 Å². The molecule has 0 spiro atoms. The van der Waals surface area contributed by atoms with Gasteiger partial charge in [-0.15, -0.1) is 0 Å². The zero-order valence-corrected chi connectivity index (χ0v) is 11.0. The molecule has 2 aliphatic rings. The molecular formula is C14H15NO2S. The van der Waals surface area contributed by atoms with E-state index >= 15 is 0 Å². The Morgan fingerprint density at radius 2 is 2.06 bits per heavy atom. The van der Waals surface area contributed by atoms with Gasteiger partial charge in [-0.3, -0.25) is 14.9 Å². The molecule has 94 valence electrons. The van der Waals surface area contributed by atoms with Gasteiger partial charge in [-0.25, -0.2) is 0 Å². The molecule has 2 unspecified atom stereocenters. The van der Waals surface area contributed by atoms with Crippen LogP contribution in [-0.2, 0) is 24.1 Å². The fraction of sp³-hybridized carbons (Fsp3) is 0.429. The predicted octanol–water partition coefficient (Wildman–Crippen LogP) is 2.32. The zero-order chi connectivity index (χ0) is 12.7. The van der Waals surface area contributed by atoms with Crippen molar-refractivity contribution in [3.8, 4) is 0 Å². The van der Waals surface area contributed by atoms with Crippen LogP contribution in [0.2, 0.25) is 0 Å². The summed E-state index contributed by atoms with van der Waals surface area (Å²) in [6.07, 6.45) is 2.93. The molecule has 0 bridgehead atoms. The Balaban J connectivity index is 1.76. The first kappa shape index (κ1) is 11.8. The molecule has 0 saturated carbocycles. The van der Waals surface area contributed by atoms with Crippen LogP contribution in [0.1, 0.15) is 23.6 Å². The number of carbonyl (C=O) groups is 2. The molecule has 0 aromatic heterocycles. The van der Waals surface area contributed by atoms with E-state index in [9.17, 15) is 9.59 Å². The van der Waals surface area contributed by atoms with Gasteiger partial charge in [0.25, 0.3) is 5.24 Å². The van der Waals surface area contributed by atoms with Crippen LogP contribution in [0.4, 0.5) is 4.79 Å². The Morgan fingerprint density at radius 1 is 1.28 bits per heavy atom. The number of benzene rings is 1. The number of hydrogen-bond donors (Lipinski definition) is 1. The molecule has 2 amide bonds. The maximum Gasteiger partial charge on any atom is 0.286 e. The van der Waals surface area contributed by atoms with E-state index in [-0.39, 0.29) is 16.4 Å². The summed E-state index contributed by atoms with van der Waals surface area (Å²) < 4.78 is 0. The standard InChI is InChI=1S/C14H15NO2S/c1-8-4-10-3-2-9(6-11(10)5-8)7-12-13(16)15-14(17)18-12/h2-3,6,8,12H,4-5,7H2,1H3,(H,15,16,17). The first-order valence-corrected chi connectivity index (χ1v) is 7.12. The third-order valence-electron chi connectivity index (χ3n) is 3.60. The lowest BCUT2D eigenvalue weighted by Gasteiger charge is -2.07. The van der Waals surface area contributed by atoms with Crippen LogP contribution in [0.3, 0.4) is 0 Å². The maximum atomic E-state index is 11.5. The number of amides is 2. The van der Waals surface area contributed by atoms with Crippen molar-refractivity contribution in [2.75, 3.05) is 0 Å². The van der Waals surface area contributed by atoms with Gasteiger partial charge in [0, 0.05) is 0 Å². The van der Waals surface area contributed by atoms with Gasteiger partial charge in [-0.2, -0.15) is 0 Å². The molecule has 18 heavy (non-hydrogen) atoms. The highest BCUT2D eigenvalue weighted by Gasteiger charge is 2.31.